The summed E-state index contributed by atoms with van der Waals surface area (Å²) in [7, 11) is 0. The van der Waals surface area contributed by atoms with Crippen molar-refractivity contribution in [2.45, 2.75) is 38.8 Å². The van der Waals surface area contributed by atoms with Gasteiger partial charge in [0.1, 0.15) is 17.7 Å². The van der Waals surface area contributed by atoms with Gasteiger partial charge in [0.25, 0.3) is 0 Å². The quantitative estimate of drug-likeness (QED) is 0.399. The smallest absolute Gasteiger partial charge is 0.170 e. The maximum absolute atomic E-state index is 14.8. The van der Waals surface area contributed by atoms with Crippen molar-refractivity contribution in [1.82, 2.24) is 10.2 Å². The van der Waals surface area contributed by atoms with Gasteiger partial charge in [-0.2, -0.15) is 0 Å². The maximum Gasteiger partial charge on any atom is 0.170 e. The van der Waals surface area contributed by atoms with E-state index in [0.717, 1.165) is 38.2 Å². The first kappa shape index (κ1) is 21.5. The number of hydrogen-bond donors (Lipinski definition) is 2. The number of amidine groups is 1. The SMILES string of the molecule is CC/C=C/C=C1\NCCN1Cc1c(F)cc(/C(N)=N\OC2CCOCC2)cc1Cl. The predicted molar refractivity (Wildman–Crippen MR) is 113 cm³/mol. The highest BCUT2D eigenvalue weighted by atomic mass is 35.5. The van der Waals surface area contributed by atoms with Gasteiger partial charge in [0.15, 0.2) is 5.84 Å². The van der Waals surface area contributed by atoms with Gasteiger partial charge in [0.2, 0.25) is 0 Å². The van der Waals surface area contributed by atoms with Crippen molar-refractivity contribution in [3.05, 3.63) is 58.1 Å². The standard InChI is InChI=1S/C21H28ClFN4O2/c1-2-3-4-5-20-25-8-9-27(20)14-17-18(22)12-15(13-19(17)23)21(24)26-29-16-6-10-28-11-7-16/h3-5,12-13,16,25H,2,6-11,14H2,1H3,(H2,24,26)/b4-3+,20-5+. The molecular weight excluding hydrogens is 395 g/mol. The largest absolute Gasteiger partial charge is 0.391 e. The fourth-order valence-electron chi connectivity index (χ4n) is 3.23. The van der Waals surface area contributed by atoms with Gasteiger partial charge in [-0.15, -0.1) is 0 Å². The molecule has 0 spiro atoms. The molecule has 2 heterocycles. The lowest BCUT2D eigenvalue weighted by Crippen LogP contribution is -2.24. The molecule has 0 unspecified atom stereocenters. The Hall–Kier alpha value is -2.25. The van der Waals surface area contributed by atoms with Crippen LogP contribution in [0.2, 0.25) is 5.02 Å². The number of nitrogens with one attached hydrogen (secondary N) is 1. The topological polar surface area (TPSA) is 72.1 Å². The molecule has 8 heteroatoms. The van der Waals surface area contributed by atoms with E-state index in [9.17, 15) is 4.39 Å². The van der Waals surface area contributed by atoms with Gasteiger partial charge < -0.3 is 25.5 Å². The zero-order valence-electron chi connectivity index (χ0n) is 16.7. The van der Waals surface area contributed by atoms with Gasteiger partial charge in [0, 0.05) is 48.6 Å². The molecule has 0 aromatic heterocycles. The Morgan fingerprint density at radius 3 is 2.97 bits per heavy atom. The number of hydrogen-bond acceptors (Lipinski definition) is 5. The Morgan fingerprint density at radius 2 is 2.24 bits per heavy atom. The lowest BCUT2D eigenvalue weighted by Gasteiger charge is -2.21. The van der Waals surface area contributed by atoms with Crippen molar-refractivity contribution in [3.8, 4) is 0 Å². The van der Waals surface area contributed by atoms with Crippen molar-refractivity contribution in [1.29, 1.82) is 0 Å². The van der Waals surface area contributed by atoms with Crippen LogP contribution in [-0.2, 0) is 16.1 Å². The Labute approximate surface area is 176 Å². The molecule has 29 heavy (non-hydrogen) atoms. The van der Waals surface area contributed by atoms with Gasteiger partial charge in [-0.1, -0.05) is 35.8 Å². The van der Waals surface area contributed by atoms with Crippen molar-refractivity contribution >= 4 is 17.4 Å². The second-order valence-electron chi connectivity index (χ2n) is 7.05. The third-order valence-corrected chi connectivity index (χ3v) is 5.25. The maximum atomic E-state index is 14.8. The van der Waals surface area contributed by atoms with E-state index in [1.165, 1.54) is 6.07 Å². The Bertz CT molecular complexity index is 768. The van der Waals surface area contributed by atoms with Crippen molar-refractivity contribution in [2.75, 3.05) is 26.3 Å². The number of oxime groups is 1. The highest BCUT2D eigenvalue weighted by Crippen LogP contribution is 2.25. The molecule has 0 radical (unpaired) electrons. The molecule has 0 bridgehead atoms. The van der Waals surface area contributed by atoms with E-state index in [1.54, 1.807) is 6.07 Å². The van der Waals surface area contributed by atoms with Crippen LogP contribution < -0.4 is 11.1 Å². The summed E-state index contributed by atoms with van der Waals surface area (Å²) in [6.07, 6.45) is 8.52. The zero-order valence-corrected chi connectivity index (χ0v) is 17.4. The summed E-state index contributed by atoms with van der Waals surface area (Å²) in [5, 5.41) is 7.59. The van der Waals surface area contributed by atoms with Crippen LogP contribution in [0.3, 0.4) is 0 Å². The summed E-state index contributed by atoms with van der Waals surface area (Å²) in [5.74, 6) is 0.657. The zero-order chi connectivity index (χ0) is 20.6. The van der Waals surface area contributed by atoms with Crippen LogP contribution in [0.1, 0.15) is 37.3 Å². The lowest BCUT2D eigenvalue weighted by molar-refractivity contribution is -0.0300. The van der Waals surface area contributed by atoms with Gasteiger partial charge in [-0.25, -0.2) is 4.39 Å². The third-order valence-electron chi connectivity index (χ3n) is 4.91. The molecule has 2 aliphatic rings. The van der Waals surface area contributed by atoms with Gasteiger partial charge in [-0.05, 0) is 24.6 Å². The molecule has 158 valence electrons. The molecule has 1 aromatic carbocycles. The molecule has 2 saturated heterocycles. The van der Waals surface area contributed by atoms with Gasteiger partial charge >= 0.3 is 0 Å². The second kappa shape index (κ2) is 10.5. The highest BCUT2D eigenvalue weighted by Gasteiger charge is 2.20. The predicted octanol–water partition coefficient (Wildman–Crippen LogP) is 3.51. The highest BCUT2D eigenvalue weighted by molar-refractivity contribution is 6.31. The van der Waals surface area contributed by atoms with Crippen LogP contribution in [0, 0.1) is 5.82 Å². The van der Waals surface area contributed by atoms with Gasteiger partial charge in [-0.3, -0.25) is 0 Å². The number of rotatable bonds is 7. The van der Waals surface area contributed by atoms with E-state index in [2.05, 4.69) is 28.4 Å². The summed E-state index contributed by atoms with van der Waals surface area (Å²) in [6, 6.07) is 2.99. The average Bonchev–Trinajstić information content (AvgIpc) is 3.16. The molecule has 3 N–H and O–H groups in total. The van der Waals surface area contributed by atoms with E-state index >= 15 is 0 Å². The number of halogens is 2. The summed E-state index contributed by atoms with van der Waals surface area (Å²) < 4.78 is 20.1. The number of allylic oxidation sites excluding steroid dienone is 3. The number of nitrogens with two attached hydrogens (primary N) is 1. The monoisotopic (exact) mass is 422 g/mol. The minimum absolute atomic E-state index is 0.0310. The second-order valence-corrected chi connectivity index (χ2v) is 7.46. The molecule has 0 amide bonds. The van der Waals surface area contributed by atoms with Crippen molar-refractivity contribution in [3.63, 3.8) is 0 Å². The van der Waals surface area contributed by atoms with Crippen LogP contribution in [0.25, 0.3) is 0 Å². The first-order chi connectivity index (χ1) is 14.1. The normalized spacial score (nSPS) is 19.9. The Kier molecular flexibility index (Phi) is 7.77. The first-order valence-electron chi connectivity index (χ1n) is 9.99. The molecule has 2 aliphatic heterocycles. The minimum atomic E-state index is -0.410. The molecule has 2 fully saturated rings. The first-order valence-corrected chi connectivity index (χ1v) is 10.4. The fraction of sp³-hybridized carbons (Fsp3) is 0.476. The molecule has 1 aromatic rings. The van der Waals surface area contributed by atoms with Crippen LogP contribution >= 0.6 is 11.6 Å². The minimum Gasteiger partial charge on any atom is -0.391 e. The van der Waals surface area contributed by atoms with Crippen LogP contribution in [0.15, 0.2) is 41.3 Å². The van der Waals surface area contributed by atoms with E-state index in [-0.39, 0.29) is 11.9 Å². The Balaban J connectivity index is 1.70. The van der Waals surface area contributed by atoms with Gasteiger partial charge in [0.05, 0.1) is 13.2 Å². The van der Waals surface area contributed by atoms with E-state index in [0.29, 0.717) is 35.9 Å². The van der Waals surface area contributed by atoms with Crippen molar-refractivity contribution in [2.24, 2.45) is 10.9 Å². The summed E-state index contributed by atoms with van der Waals surface area (Å²) in [6.45, 7) is 5.34. The van der Waals surface area contributed by atoms with Crippen LogP contribution in [0.4, 0.5) is 4.39 Å². The van der Waals surface area contributed by atoms with Crippen LogP contribution in [-0.4, -0.2) is 43.1 Å². The third kappa shape index (κ3) is 5.87. The molecule has 0 aliphatic carbocycles. The number of ether oxygens (including phenoxy) is 1. The summed E-state index contributed by atoms with van der Waals surface area (Å²) >= 11 is 6.39. The fourth-order valence-corrected chi connectivity index (χ4v) is 3.50. The molecule has 0 saturated carbocycles. The van der Waals surface area contributed by atoms with E-state index < -0.39 is 5.82 Å². The van der Waals surface area contributed by atoms with E-state index in [1.807, 2.05) is 12.2 Å². The van der Waals surface area contributed by atoms with Crippen molar-refractivity contribution < 1.29 is 14.0 Å². The Morgan fingerprint density at radius 1 is 1.45 bits per heavy atom. The lowest BCUT2D eigenvalue weighted by atomic mass is 10.1. The van der Waals surface area contributed by atoms with Crippen LogP contribution in [0.5, 0.6) is 0 Å². The van der Waals surface area contributed by atoms with E-state index in [4.69, 9.17) is 26.9 Å². The summed E-state index contributed by atoms with van der Waals surface area (Å²) in [4.78, 5) is 7.53. The molecule has 3 rings (SSSR count). The molecule has 0 atom stereocenters. The number of benzene rings is 1. The average molecular weight is 423 g/mol. The number of nitrogens with zero attached hydrogens (tertiary/aromatic N) is 2. The summed E-state index contributed by atoms with van der Waals surface area (Å²) in [5.41, 5.74) is 6.82. The molecular formula is C21H28ClFN4O2. The molecule has 6 nitrogen and oxygen atoms in total.